The summed E-state index contributed by atoms with van der Waals surface area (Å²) in [5, 5.41) is 4.82. The van der Waals surface area contributed by atoms with Crippen LogP contribution >= 0.6 is 0 Å². The quantitative estimate of drug-likeness (QED) is 0.152. The summed E-state index contributed by atoms with van der Waals surface area (Å²) in [6.07, 6.45) is 3.83. The lowest BCUT2D eigenvalue weighted by molar-refractivity contribution is 0.793. The van der Waals surface area contributed by atoms with E-state index in [-0.39, 0.29) is 0 Å². The first kappa shape index (κ1) is 46.1. The molecule has 1 spiro atoms. The molecule has 82 heavy (non-hydrogen) atoms. The van der Waals surface area contributed by atoms with E-state index in [1.165, 1.54) is 88.3 Å². The van der Waals surface area contributed by atoms with Crippen molar-refractivity contribution in [3.8, 4) is 67.0 Å². The van der Waals surface area contributed by atoms with Gasteiger partial charge in [0.1, 0.15) is 0 Å². The van der Waals surface area contributed by atoms with Crippen LogP contribution in [0.2, 0.25) is 0 Å². The van der Waals surface area contributed by atoms with Crippen LogP contribution in [-0.2, 0) is 5.41 Å². The first-order valence-corrected chi connectivity index (χ1v) is 28.3. The zero-order chi connectivity index (χ0) is 53.9. The number of para-hydroxylation sites is 2. The number of hydrogen-bond acceptors (Lipinski definition) is 2. The summed E-state index contributed by atoms with van der Waals surface area (Å²) in [7, 11) is 0. The van der Waals surface area contributed by atoms with Gasteiger partial charge in [0.25, 0.3) is 0 Å². The number of anilines is 3. The SMILES string of the molecule is c1ccc(-c2ccc(-n3c4ccccc4c4ccc(N(c5ccc6c7ccccc7n(-c7ccc(-c8ccccc8)cc7)c6c5)c5cccc6c5C5(c7ccccc7-c7ccccc75)c5ccc(-c7cccnc7)cc5-6)cc43)cc2)cc1. The van der Waals surface area contributed by atoms with Crippen molar-refractivity contribution in [2.75, 3.05) is 4.90 Å². The van der Waals surface area contributed by atoms with Gasteiger partial charge in [0.15, 0.2) is 0 Å². The highest BCUT2D eigenvalue weighted by Gasteiger charge is 2.53. The molecular weight excluding hydrogens is 993 g/mol. The van der Waals surface area contributed by atoms with E-state index in [1.54, 1.807) is 0 Å². The molecule has 3 heterocycles. The Morgan fingerprint density at radius 2 is 0.744 bits per heavy atom. The summed E-state index contributed by atoms with van der Waals surface area (Å²) in [6, 6.07) is 108. The Morgan fingerprint density at radius 3 is 1.29 bits per heavy atom. The number of benzene rings is 12. The molecule has 0 atom stereocenters. The Labute approximate surface area is 475 Å². The summed E-state index contributed by atoms with van der Waals surface area (Å²) < 4.78 is 4.91. The number of hydrogen-bond donors (Lipinski definition) is 0. The second kappa shape index (κ2) is 18.1. The summed E-state index contributed by atoms with van der Waals surface area (Å²) >= 11 is 0. The third-order valence-corrected chi connectivity index (χ3v) is 17.6. The minimum absolute atomic E-state index is 0.654. The van der Waals surface area contributed by atoms with E-state index >= 15 is 0 Å². The van der Waals surface area contributed by atoms with Crippen molar-refractivity contribution in [2.24, 2.45) is 0 Å². The predicted molar refractivity (Wildman–Crippen MR) is 340 cm³/mol. The zero-order valence-electron chi connectivity index (χ0n) is 44.7. The smallest absolute Gasteiger partial charge is 0.0746 e. The second-order valence-electron chi connectivity index (χ2n) is 21.8. The van der Waals surface area contributed by atoms with Crippen LogP contribution in [0.4, 0.5) is 17.1 Å². The molecule has 0 saturated heterocycles. The van der Waals surface area contributed by atoms with Crippen molar-refractivity contribution in [1.82, 2.24) is 14.1 Å². The van der Waals surface area contributed by atoms with Crippen LogP contribution in [0.3, 0.4) is 0 Å². The average molecular weight is 1040 g/mol. The molecule has 0 unspecified atom stereocenters. The monoisotopic (exact) mass is 1040 g/mol. The lowest BCUT2D eigenvalue weighted by atomic mass is 9.70. The fourth-order valence-corrected chi connectivity index (χ4v) is 14.1. The predicted octanol–water partition coefficient (Wildman–Crippen LogP) is 20.1. The van der Waals surface area contributed by atoms with Gasteiger partial charge in [-0.2, -0.15) is 0 Å². The molecule has 17 rings (SSSR count). The molecule has 0 amide bonds. The van der Waals surface area contributed by atoms with Crippen LogP contribution < -0.4 is 4.90 Å². The third kappa shape index (κ3) is 6.76. The molecule has 2 aliphatic rings. The maximum atomic E-state index is 4.58. The van der Waals surface area contributed by atoms with Gasteiger partial charge in [-0.15, -0.1) is 0 Å². The highest BCUT2D eigenvalue weighted by molar-refractivity contribution is 6.13. The fourth-order valence-electron chi connectivity index (χ4n) is 14.1. The van der Waals surface area contributed by atoms with E-state index in [0.717, 1.165) is 61.6 Å². The molecule has 0 aliphatic heterocycles. The summed E-state index contributed by atoms with van der Waals surface area (Å²) in [5.41, 5.74) is 26.5. The summed E-state index contributed by atoms with van der Waals surface area (Å²) in [4.78, 5) is 7.15. The highest BCUT2D eigenvalue weighted by atomic mass is 15.2. The van der Waals surface area contributed by atoms with Crippen LogP contribution in [0.15, 0.2) is 304 Å². The van der Waals surface area contributed by atoms with Crippen LogP contribution in [0.5, 0.6) is 0 Å². The van der Waals surface area contributed by atoms with E-state index < -0.39 is 5.41 Å². The van der Waals surface area contributed by atoms with Crippen molar-refractivity contribution in [1.29, 1.82) is 0 Å². The summed E-state index contributed by atoms with van der Waals surface area (Å²) in [6.45, 7) is 0. The van der Waals surface area contributed by atoms with Gasteiger partial charge in [0.05, 0.1) is 33.2 Å². The number of pyridine rings is 1. The van der Waals surface area contributed by atoms with Gasteiger partial charge in [-0.05, 0) is 146 Å². The maximum Gasteiger partial charge on any atom is 0.0746 e. The zero-order valence-corrected chi connectivity index (χ0v) is 44.7. The van der Waals surface area contributed by atoms with Crippen LogP contribution in [-0.4, -0.2) is 14.1 Å². The first-order chi connectivity index (χ1) is 40.7. The van der Waals surface area contributed by atoms with Crippen molar-refractivity contribution >= 4 is 60.7 Å². The molecule has 0 radical (unpaired) electrons. The first-order valence-electron chi connectivity index (χ1n) is 28.3. The van der Waals surface area contributed by atoms with Gasteiger partial charge in [-0.3, -0.25) is 4.98 Å². The standard InChI is InChI=1S/C78H50N4/c1-3-17-51(18-4-1)53-32-37-57(38-33-53)81-72-29-13-9-24-63(72)65-43-41-59(48-75(65)81)80(60-42-44-66-64-25-10-14-30-73(64)82(76(66)49-60)58-39-34-54(35-40-58)52-19-5-2-6-20-52)74-31-15-26-67-68-47-55(56-21-16-46-79-50-56)36-45-71(68)78(77(67)74)69-27-11-7-22-61(69)62-23-8-12-28-70(62)78/h1-50H. The Balaban J connectivity index is 0.956. The van der Waals surface area contributed by atoms with Gasteiger partial charge in [0, 0.05) is 67.8 Å². The molecule has 0 N–H and O–H groups in total. The van der Waals surface area contributed by atoms with E-state index in [1.807, 2.05) is 18.5 Å². The van der Waals surface area contributed by atoms with Crippen molar-refractivity contribution in [3.63, 3.8) is 0 Å². The molecule has 12 aromatic carbocycles. The Morgan fingerprint density at radius 1 is 0.293 bits per heavy atom. The van der Waals surface area contributed by atoms with E-state index in [4.69, 9.17) is 0 Å². The molecule has 0 bridgehead atoms. The molecular formula is C78H50N4. The van der Waals surface area contributed by atoms with Gasteiger partial charge in [-0.1, -0.05) is 212 Å². The van der Waals surface area contributed by atoms with Gasteiger partial charge in [0.2, 0.25) is 0 Å². The number of nitrogens with zero attached hydrogens (tertiary/aromatic N) is 4. The molecule has 4 nitrogen and oxygen atoms in total. The van der Waals surface area contributed by atoms with E-state index in [2.05, 4.69) is 304 Å². The van der Waals surface area contributed by atoms with Crippen molar-refractivity contribution in [2.45, 2.75) is 5.41 Å². The number of aromatic nitrogens is 3. The largest absolute Gasteiger partial charge is 0.310 e. The van der Waals surface area contributed by atoms with Gasteiger partial charge in [-0.25, -0.2) is 0 Å². The number of rotatable bonds is 8. The highest BCUT2D eigenvalue weighted by Crippen LogP contribution is 2.66. The second-order valence-corrected chi connectivity index (χ2v) is 21.8. The average Bonchev–Trinajstić information content (AvgIpc) is 1.64. The van der Waals surface area contributed by atoms with Crippen molar-refractivity contribution < 1.29 is 0 Å². The molecule has 0 saturated carbocycles. The normalized spacial score (nSPS) is 12.7. The van der Waals surface area contributed by atoms with E-state index in [0.29, 0.717) is 0 Å². The minimum Gasteiger partial charge on any atom is -0.310 e. The Bertz CT molecular complexity index is 4770. The third-order valence-electron chi connectivity index (χ3n) is 17.6. The Hall–Kier alpha value is -10.8. The molecule has 382 valence electrons. The van der Waals surface area contributed by atoms with Crippen LogP contribution in [0.1, 0.15) is 22.3 Å². The minimum atomic E-state index is -0.654. The van der Waals surface area contributed by atoms with E-state index in [9.17, 15) is 0 Å². The molecule has 15 aromatic rings. The molecule has 0 fully saturated rings. The number of fused-ring (bicyclic) bond motifs is 16. The van der Waals surface area contributed by atoms with Crippen LogP contribution in [0, 0.1) is 0 Å². The van der Waals surface area contributed by atoms with Crippen LogP contribution in [0.25, 0.3) is 111 Å². The lowest BCUT2D eigenvalue weighted by Crippen LogP contribution is -2.28. The van der Waals surface area contributed by atoms with Gasteiger partial charge < -0.3 is 14.0 Å². The lowest BCUT2D eigenvalue weighted by Gasteiger charge is -2.36. The molecule has 4 heteroatoms. The summed E-state index contributed by atoms with van der Waals surface area (Å²) in [5.74, 6) is 0. The topological polar surface area (TPSA) is 26.0 Å². The van der Waals surface area contributed by atoms with Crippen molar-refractivity contribution in [3.05, 3.63) is 326 Å². The fraction of sp³-hybridized carbons (Fsp3) is 0.0128. The Kier molecular flexibility index (Phi) is 10.2. The maximum absolute atomic E-state index is 4.58. The van der Waals surface area contributed by atoms with Gasteiger partial charge >= 0.3 is 0 Å². The molecule has 3 aromatic heterocycles. The molecule has 2 aliphatic carbocycles.